The molecule has 1 aromatic carbocycles. The van der Waals surface area contributed by atoms with Crippen LogP contribution in [0.1, 0.15) is 31.2 Å². The second-order valence-corrected chi connectivity index (χ2v) is 8.43. The molecule has 1 aromatic rings. The lowest BCUT2D eigenvalue weighted by molar-refractivity contribution is -0.192. The first-order chi connectivity index (χ1) is 15.1. The molecule has 3 aliphatic rings. The molecule has 4 rings (SSSR count). The van der Waals surface area contributed by atoms with Gasteiger partial charge in [0.05, 0.1) is 12.7 Å². The topological polar surface area (TPSA) is 79.3 Å². The number of benzene rings is 1. The number of ether oxygens (including phenoxy) is 2. The van der Waals surface area contributed by atoms with Crippen LogP contribution in [0.25, 0.3) is 0 Å². The van der Waals surface area contributed by atoms with Crippen LogP contribution < -0.4 is 4.74 Å². The Kier molecular flexibility index (Phi) is 7.66. The maximum absolute atomic E-state index is 11.8. The molecule has 32 heavy (non-hydrogen) atoms. The molecule has 1 amide bonds. The zero-order valence-electron chi connectivity index (χ0n) is 18.1. The molecule has 0 saturated carbocycles. The lowest BCUT2D eigenvalue weighted by Gasteiger charge is -2.50. The summed E-state index contributed by atoms with van der Waals surface area (Å²) in [4.78, 5) is 25.2. The minimum Gasteiger partial charge on any atom is -0.496 e. The van der Waals surface area contributed by atoms with E-state index in [2.05, 4.69) is 17.0 Å². The van der Waals surface area contributed by atoms with Crippen LogP contribution in [-0.4, -0.2) is 78.5 Å². The highest BCUT2D eigenvalue weighted by molar-refractivity contribution is 5.78. The van der Waals surface area contributed by atoms with E-state index >= 15 is 0 Å². The standard InChI is InChI=1S/C20H28N2O3.C2HF3O2/c1-24-18-6-3-2-5-16(18)13-21-14-20(15-21)17(9-12-25-20)8-11-22-10-4-7-19(22)23;3-2(4,5)1(6)7/h2-3,5-6,17H,4,7-15H2,1H3;(H,6,7). The van der Waals surface area contributed by atoms with Crippen molar-refractivity contribution in [1.82, 2.24) is 9.80 Å². The molecular weight excluding hydrogens is 429 g/mol. The molecule has 1 unspecified atom stereocenters. The summed E-state index contributed by atoms with van der Waals surface area (Å²) in [5.74, 6) is -0.887. The van der Waals surface area contributed by atoms with Crippen molar-refractivity contribution in [1.29, 1.82) is 0 Å². The van der Waals surface area contributed by atoms with Crippen LogP contribution >= 0.6 is 0 Å². The van der Waals surface area contributed by atoms with Crippen LogP contribution in [0, 0.1) is 5.92 Å². The number of methoxy groups -OCH3 is 1. The lowest BCUT2D eigenvalue weighted by atomic mass is 9.78. The number of likely N-dealkylation sites (tertiary alicyclic amines) is 2. The smallest absolute Gasteiger partial charge is 0.490 e. The van der Waals surface area contributed by atoms with Crippen molar-refractivity contribution in [3.63, 3.8) is 0 Å². The van der Waals surface area contributed by atoms with Crippen LogP contribution in [0.3, 0.4) is 0 Å². The summed E-state index contributed by atoms with van der Waals surface area (Å²) in [6.45, 7) is 5.60. The Labute approximate surface area is 185 Å². The summed E-state index contributed by atoms with van der Waals surface area (Å²) >= 11 is 0. The molecule has 0 bridgehead atoms. The number of nitrogens with zero attached hydrogens (tertiary/aromatic N) is 2. The molecular formula is C22H29F3N2O5. The molecule has 3 saturated heterocycles. The molecule has 10 heteroatoms. The van der Waals surface area contributed by atoms with Crippen LogP contribution in [0.4, 0.5) is 13.2 Å². The minimum absolute atomic E-state index is 0.0186. The molecule has 0 radical (unpaired) electrons. The second kappa shape index (κ2) is 10.1. The first-order valence-corrected chi connectivity index (χ1v) is 10.7. The van der Waals surface area contributed by atoms with Crippen molar-refractivity contribution in [2.75, 3.05) is 39.9 Å². The van der Waals surface area contributed by atoms with Crippen molar-refractivity contribution in [3.05, 3.63) is 29.8 Å². The highest BCUT2D eigenvalue weighted by Crippen LogP contribution is 2.42. The maximum Gasteiger partial charge on any atom is 0.490 e. The number of amides is 1. The predicted octanol–water partition coefficient (Wildman–Crippen LogP) is 2.93. The largest absolute Gasteiger partial charge is 0.496 e. The predicted molar refractivity (Wildman–Crippen MR) is 109 cm³/mol. The number of carbonyl (C=O) groups is 2. The number of hydrogen-bond acceptors (Lipinski definition) is 5. The zero-order chi connectivity index (χ0) is 23.4. The van der Waals surface area contributed by atoms with Gasteiger partial charge in [0.15, 0.2) is 0 Å². The van der Waals surface area contributed by atoms with E-state index in [9.17, 15) is 18.0 Å². The van der Waals surface area contributed by atoms with Gasteiger partial charge < -0.3 is 19.5 Å². The fourth-order valence-corrected chi connectivity index (χ4v) is 4.69. The van der Waals surface area contributed by atoms with E-state index in [-0.39, 0.29) is 5.60 Å². The highest BCUT2D eigenvalue weighted by atomic mass is 19.4. The van der Waals surface area contributed by atoms with Crippen LogP contribution in [0.2, 0.25) is 0 Å². The van der Waals surface area contributed by atoms with Gasteiger partial charge in [-0.25, -0.2) is 4.79 Å². The van der Waals surface area contributed by atoms with Crippen molar-refractivity contribution >= 4 is 11.9 Å². The average molecular weight is 458 g/mol. The fourth-order valence-electron chi connectivity index (χ4n) is 4.69. The molecule has 3 aliphatic heterocycles. The second-order valence-electron chi connectivity index (χ2n) is 8.43. The Bertz CT molecular complexity index is 811. The lowest BCUT2D eigenvalue weighted by Crippen LogP contribution is -2.64. The number of carboxylic acids is 1. The van der Waals surface area contributed by atoms with Gasteiger partial charge in [-0.1, -0.05) is 18.2 Å². The Morgan fingerprint density at radius 3 is 2.59 bits per heavy atom. The van der Waals surface area contributed by atoms with Gasteiger partial charge in [0.25, 0.3) is 0 Å². The number of para-hydroxylation sites is 1. The van der Waals surface area contributed by atoms with Gasteiger partial charge in [-0.05, 0) is 31.2 Å². The van der Waals surface area contributed by atoms with E-state index < -0.39 is 12.1 Å². The van der Waals surface area contributed by atoms with Crippen LogP contribution in [0.15, 0.2) is 24.3 Å². The Hall–Kier alpha value is -2.33. The SMILES string of the molecule is COc1ccccc1CN1CC2(C1)OCCC2CCN1CCCC1=O.O=C(O)C(F)(F)F. The Balaban J connectivity index is 0.000000360. The summed E-state index contributed by atoms with van der Waals surface area (Å²) in [5, 5.41) is 7.12. The summed E-state index contributed by atoms with van der Waals surface area (Å²) in [7, 11) is 1.73. The van der Waals surface area contributed by atoms with Crippen LogP contribution in [0.5, 0.6) is 5.75 Å². The third-order valence-electron chi connectivity index (χ3n) is 6.33. The number of hydrogen-bond donors (Lipinski definition) is 1. The summed E-state index contributed by atoms with van der Waals surface area (Å²) in [6, 6.07) is 8.23. The van der Waals surface area contributed by atoms with E-state index in [1.54, 1.807) is 7.11 Å². The molecule has 3 heterocycles. The monoisotopic (exact) mass is 458 g/mol. The number of aliphatic carboxylic acids is 1. The number of halogens is 3. The number of carboxylic acid groups (broad SMARTS) is 1. The van der Waals surface area contributed by atoms with Crippen molar-refractivity contribution in [2.24, 2.45) is 5.92 Å². The Morgan fingerprint density at radius 1 is 1.31 bits per heavy atom. The van der Waals surface area contributed by atoms with Crippen molar-refractivity contribution in [3.8, 4) is 5.75 Å². The van der Waals surface area contributed by atoms with Gasteiger partial charge >= 0.3 is 12.1 Å². The molecule has 1 N–H and O–H groups in total. The molecule has 178 valence electrons. The summed E-state index contributed by atoms with van der Waals surface area (Å²) in [6.07, 6.45) is -1.12. The van der Waals surface area contributed by atoms with Crippen LogP contribution in [-0.2, 0) is 20.9 Å². The fraction of sp³-hybridized carbons (Fsp3) is 0.636. The molecule has 0 aliphatic carbocycles. The molecule has 0 aromatic heterocycles. The zero-order valence-corrected chi connectivity index (χ0v) is 18.1. The van der Waals surface area contributed by atoms with E-state index in [1.165, 1.54) is 5.56 Å². The number of alkyl halides is 3. The van der Waals surface area contributed by atoms with E-state index in [4.69, 9.17) is 19.4 Å². The molecule has 1 spiro atoms. The van der Waals surface area contributed by atoms with Gasteiger partial charge in [-0.3, -0.25) is 9.69 Å². The summed E-state index contributed by atoms with van der Waals surface area (Å²) in [5.41, 5.74) is 1.25. The van der Waals surface area contributed by atoms with E-state index in [1.807, 2.05) is 17.0 Å². The van der Waals surface area contributed by atoms with Gasteiger partial charge in [0, 0.05) is 51.3 Å². The summed E-state index contributed by atoms with van der Waals surface area (Å²) < 4.78 is 43.4. The normalized spacial score (nSPS) is 22.4. The minimum atomic E-state index is -5.08. The maximum atomic E-state index is 11.8. The van der Waals surface area contributed by atoms with Gasteiger partial charge in [-0.15, -0.1) is 0 Å². The van der Waals surface area contributed by atoms with Crippen molar-refractivity contribution in [2.45, 2.75) is 44.0 Å². The van der Waals surface area contributed by atoms with Gasteiger partial charge in [0.1, 0.15) is 5.75 Å². The average Bonchev–Trinajstić information content (AvgIpc) is 3.32. The van der Waals surface area contributed by atoms with Gasteiger partial charge in [0.2, 0.25) is 5.91 Å². The van der Waals surface area contributed by atoms with Crippen molar-refractivity contribution < 1.29 is 37.3 Å². The number of carbonyl (C=O) groups excluding carboxylic acids is 1. The first kappa shape index (κ1) is 24.3. The van der Waals surface area contributed by atoms with E-state index in [0.29, 0.717) is 11.8 Å². The molecule has 1 atom stereocenters. The molecule has 3 fully saturated rings. The molecule has 7 nitrogen and oxygen atoms in total. The third kappa shape index (κ3) is 5.72. The first-order valence-electron chi connectivity index (χ1n) is 10.7. The van der Waals surface area contributed by atoms with Gasteiger partial charge in [-0.2, -0.15) is 13.2 Å². The third-order valence-corrected chi connectivity index (χ3v) is 6.33. The Morgan fingerprint density at radius 2 is 2.00 bits per heavy atom. The highest BCUT2D eigenvalue weighted by Gasteiger charge is 2.52. The van der Waals surface area contributed by atoms with E-state index in [0.717, 1.165) is 70.8 Å². The quantitative estimate of drug-likeness (QED) is 0.706. The number of rotatable bonds is 6.